The lowest BCUT2D eigenvalue weighted by Gasteiger charge is -2.50. The molecular formula is C25H35NO7Si. The lowest BCUT2D eigenvalue weighted by atomic mass is 9.55. The molecule has 2 saturated carbocycles. The molecule has 0 amide bonds. The maximum Gasteiger partial charge on any atom is 0.309 e. The molecule has 0 saturated heterocycles. The van der Waals surface area contributed by atoms with Crippen molar-refractivity contribution < 1.29 is 28.4 Å². The van der Waals surface area contributed by atoms with Gasteiger partial charge in [-0.15, -0.1) is 0 Å². The van der Waals surface area contributed by atoms with Gasteiger partial charge in [-0.25, -0.2) is 0 Å². The Labute approximate surface area is 201 Å². The monoisotopic (exact) mass is 489 g/mol. The van der Waals surface area contributed by atoms with Gasteiger partial charge in [-0.1, -0.05) is 6.92 Å². The van der Waals surface area contributed by atoms with Gasteiger partial charge in [-0.3, -0.25) is 19.7 Å². The smallest absolute Gasteiger partial charge is 0.309 e. The second-order valence-corrected chi connectivity index (χ2v) is 15.8. The van der Waals surface area contributed by atoms with Crippen LogP contribution in [-0.4, -0.2) is 37.4 Å². The molecule has 6 atom stereocenters. The van der Waals surface area contributed by atoms with E-state index in [2.05, 4.69) is 6.92 Å². The Bertz CT molecular complexity index is 1020. The van der Waals surface area contributed by atoms with Crippen molar-refractivity contribution in [2.24, 2.45) is 17.3 Å². The fourth-order valence-electron chi connectivity index (χ4n) is 6.80. The number of benzene rings is 1. The van der Waals surface area contributed by atoms with Crippen LogP contribution >= 0.6 is 0 Å². The van der Waals surface area contributed by atoms with Gasteiger partial charge in [-0.05, 0) is 86.7 Å². The number of carbonyl (C=O) groups excluding carboxylic acids is 2. The SMILES string of the molecule is CC(=O)OC1C[C@H]2[C@@H]3CCc4cc(O[Si](C)(C)C)c([N+](=O)[O-])cc4[C@H]3CC[C@]2(C)C1OC(C)=O. The largest absolute Gasteiger partial charge is 0.540 e. The number of ether oxygens (including phenoxy) is 2. The number of rotatable bonds is 5. The summed E-state index contributed by atoms with van der Waals surface area (Å²) in [7, 11) is -2.01. The first-order chi connectivity index (χ1) is 15.8. The molecule has 0 bridgehead atoms. The van der Waals surface area contributed by atoms with Crippen LogP contribution in [0.4, 0.5) is 5.69 Å². The Kier molecular flexibility index (Phi) is 6.29. The number of nitrogens with zero attached hydrogens (tertiary/aromatic N) is 1. The van der Waals surface area contributed by atoms with Gasteiger partial charge < -0.3 is 13.9 Å². The van der Waals surface area contributed by atoms with Gasteiger partial charge in [0.1, 0.15) is 12.2 Å². The van der Waals surface area contributed by atoms with E-state index < -0.39 is 20.5 Å². The van der Waals surface area contributed by atoms with E-state index in [4.69, 9.17) is 13.9 Å². The molecule has 9 heteroatoms. The normalized spacial score (nSPS) is 32.1. The van der Waals surface area contributed by atoms with E-state index >= 15 is 0 Å². The van der Waals surface area contributed by atoms with Crippen LogP contribution in [0.3, 0.4) is 0 Å². The summed E-state index contributed by atoms with van der Waals surface area (Å²) in [6.07, 6.45) is 3.13. The first-order valence-corrected chi connectivity index (χ1v) is 15.6. The summed E-state index contributed by atoms with van der Waals surface area (Å²) in [5.41, 5.74) is 1.93. The Morgan fingerprint density at radius 1 is 1.12 bits per heavy atom. The number of nitro groups is 1. The molecule has 0 spiro atoms. The minimum absolute atomic E-state index is 0.0390. The van der Waals surface area contributed by atoms with Crippen molar-refractivity contribution in [3.63, 3.8) is 0 Å². The predicted octanol–water partition coefficient (Wildman–Crippen LogP) is 5.14. The highest BCUT2D eigenvalue weighted by Crippen LogP contribution is 2.62. The van der Waals surface area contributed by atoms with Gasteiger partial charge in [0.2, 0.25) is 8.32 Å². The zero-order valence-electron chi connectivity index (χ0n) is 20.9. The van der Waals surface area contributed by atoms with Crippen LogP contribution in [0.15, 0.2) is 12.1 Å². The average molecular weight is 490 g/mol. The van der Waals surface area contributed by atoms with Gasteiger partial charge in [0.25, 0.3) is 0 Å². The molecule has 3 aliphatic carbocycles. The number of esters is 2. The fraction of sp³-hybridized carbons (Fsp3) is 0.680. The molecule has 0 N–H and O–H groups in total. The van der Waals surface area contributed by atoms with Crippen LogP contribution in [0.1, 0.15) is 63.5 Å². The lowest BCUT2D eigenvalue weighted by Crippen LogP contribution is -2.46. The summed E-state index contributed by atoms with van der Waals surface area (Å²) in [4.78, 5) is 35.3. The Morgan fingerprint density at radius 3 is 2.38 bits per heavy atom. The molecule has 0 aliphatic heterocycles. The third-order valence-electron chi connectivity index (χ3n) is 7.94. The molecule has 4 rings (SSSR count). The Hall–Kier alpha value is -2.42. The maximum atomic E-state index is 11.9. The predicted molar refractivity (Wildman–Crippen MR) is 128 cm³/mol. The molecular weight excluding hydrogens is 454 g/mol. The standard InChI is InChI=1S/C25H35NO7Si/c1-14(27)31-23-13-20-18-8-7-16-11-22(33-34(4,5)6)21(26(29)30)12-19(16)17(18)9-10-25(20,3)24(23)32-15(2)28/h11-12,17-18,20,23-24H,7-10,13H2,1-6H3/t17-,18+,20-,23?,24?,25-/m0/s1. The van der Waals surface area contributed by atoms with E-state index in [0.717, 1.165) is 36.8 Å². The molecule has 0 radical (unpaired) electrons. The molecule has 1 aromatic carbocycles. The summed E-state index contributed by atoms with van der Waals surface area (Å²) in [5, 5.41) is 11.9. The number of aryl methyl sites for hydroxylation is 1. The van der Waals surface area contributed by atoms with Crippen molar-refractivity contribution in [1.82, 2.24) is 0 Å². The zero-order chi connectivity index (χ0) is 25.0. The highest BCUT2D eigenvalue weighted by Gasteiger charge is 2.61. The highest BCUT2D eigenvalue weighted by molar-refractivity contribution is 6.70. The molecule has 186 valence electrons. The van der Waals surface area contributed by atoms with Crippen LogP contribution in [0.5, 0.6) is 5.75 Å². The van der Waals surface area contributed by atoms with Crippen LogP contribution in [0.25, 0.3) is 0 Å². The Balaban J connectivity index is 1.69. The van der Waals surface area contributed by atoms with Crippen molar-refractivity contribution in [2.75, 3.05) is 0 Å². The molecule has 0 aromatic heterocycles. The topological polar surface area (TPSA) is 105 Å². The number of hydrogen-bond donors (Lipinski definition) is 0. The van der Waals surface area contributed by atoms with Gasteiger partial charge in [-0.2, -0.15) is 0 Å². The summed E-state index contributed by atoms with van der Waals surface area (Å²) in [5.74, 6) is 0.313. The van der Waals surface area contributed by atoms with E-state index in [1.54, 1.807) is 6.07 Å². The van der Waals surface area contributed by atoms with Crippen LogP contribution in [-0.2, 0) is 25.5 Å². The Morgan fingerprint density at radius 2 is 1.79 bits per heavy atom. The van der Waals surface area contributed by atoms with Crippen molar-refractivity contribution in [2.45, 2.75) is 90.6 Å². The minimum Gasteiger partial charge on any atom is -0.540 e. The van der Waals surface area contributed by atoms with Gasteiger partial charge in [0.05, 0.1) is 4.92 Å². The number of hydrogen-bond acceptors (Lipinski definition) is 7. The summed E-state index contributed by atoms with van der Waals surface area (Å²) < 4.78 is 17.5. The van der Waals surface area contributed by atoms with E-state index in [9.17, 15) is 19.7 Å². The average Bonchev–Trinajstić information content (AvgIpc) is 2.96. The van der Waals surface area contributed by atoms with Gasteiger partial charge in [0, 0.05) is 25.3 Å². The second kappa shape index (κ2) is 8.66. The third kappa shape index (κ3) is 4.46. The van der Waals surface area contributed by atoms with E-state index in [-0.39, 0.29) is 45.7 Å². The molecule has 3 aliphatic rings. The van der Waals surface area contributed by atoms with Crippen molar-refractivity contribution >= 4 is 25.9 Å². The summed E-state index contributed by atoms with van der Waals surface area (Å²) in [6, 6.07) is 3.64. The first kappa shape index (κ1) is 24.7. The lowest BCUT2D eigenvalue weighted by molar-refractivity contribution is -0.385. The highest BCUT2D eigenvalue weighted by atomic mass is 28.4. The van der Waals surface area contributed by atoms with E-state index in [1.165, 1.54) is 13.8 Å². The minimum atomic E-state index is -2.01. The first-order valence-electron chi connectivity index (χ1n) is 12.1. The van der Waals surface area contributed by atoms with Gasteiger partial charge in [0.15, 0.2) is 5.75 Å². The van der Waals surface area contributed by atoms with Crippen LogP contribution in [0, 0.1) is 27.4 Å². The number of carbonyl (C=O) groups is 2. The molecule has 0 heterocycles. The van der Waals surface area contributed by atoms with Crippen LogP contribution in [0.2, 0.25) is 19.6 Å². The number of nitro benzene ring substituents is 1. The molecule has 2 unspecified atom stereocenters. The molecule has 1 aromatic rings. The van der Waals surface area contributed by atoms with E-state index in [1.807, 2.05) is 25.7 Å². The molecule has 2 fully saturated rings. The second-order valence-electron chi connectivity index (χ2n) is 11.4. The fourth-order valence-corrected chi connectivity index (χ4v) is 7.62. The number of fused-ring (bicyclic) bond motifs is 5. The zero-order valence-corrected chi connectivity index (χ0v) is 21.9. The van der Waals surface area contributed by atoms with Crippen molar-refractivity contribution in [3.05, 3.63) is 33.4 Å². The third-order valence-corrected chi connectivity index (χ3v) is 8.77. The summed E-state index contributed by atoms with van der Waals surface area (Å²) in [6.45, 7) is 11.0. The molecule has 8 nitrogen and oxygen atoms in total. The quantitative estimate of drug-likeness (QED) is 0.244. The molecule has 34 heavy (non-hydrogen) atoms. The van der Waals surface area contributed by atoms with Crippen molar-refractivity contribution in [3.8, 4) is 5.75 Å². The summed E-state index contributed by atoms with van der Waals surface area (Å²) >= 11 is 0. The maximum absolute atomic E-state index is 11.9. The van der Waals surface area contributed by atoms with Crippen LogP contribution < -0.4 is 4.43 Å². The van der Waals surface area contributed by atoms with Gasteiger partial charge >= 0.3 is 17.6 Å². The van der Waals surface area contributed by atoms with Crippen molar-refractivity contribution in [1.29, 1.82) is 0 Å². The van der Waals surface area contributed by atoms with E-state index in [0.29, 0.717) is 12.2 Å².